The number of carbonyl (C=O) groups is 1. The molecule has 4 saturated carbocycles. The fourth-order valence-corrected chi connectivity index (χ4v) is 4.36. The maximum Gasteiger partial charge on any atom is 0.404 e. The number of carboxylic acid groups (broad SMARTS) is 1. The van der Waals surface area contributed by atoms with E-state index in [1.807, 2.05) is 0 Å². The Bertz CT molecular complexity index is 288. The van der Waals surface area contributed by atoms with Crippen LogP contribution in [0.25, 0.3) is 0 Å². The molecule has 84 valence electrons. The monoisotopic (exact) mass is 211 g/mol. The smallest absolute Gasteiger partial charge is 0.404 e. The van der Waals surface area contributed by atoms with Crippen LogP contribution < -0.4 is 5.32 Å². The molecule has 4 aliphatic rings. The van der Waals surface area contributed by atoms with Crippen molar-refractivity contribution < 1.29 is 15.0 Å². The van der Waals surface area contributed by atoms with Gasteiger partial charge in [0, 0.05) is 6.04 Å². The van der Waals surface area contributed by atoms with E-state index in [4.69, 9.17) is 5.11 Å². The first-order valence-electron chi connectivity index (χ1n) is 5.78. The Balaban J connectivity index is 1.82. The summed E-state index contributed by atoms with van der Waals surface area (Å²) >= 11 is 0. The van der Waals surface area contributed by atoms with Gasteiger partial charge in [-0.3, -0.25) is 0 Å². The molecule has 5 atom stereocenters. The Hall–Kier alpha value is -0.770. The fourth-order valence-electron chi connectivity index (χ4n) is 4.36. The van der Waals surface area contributed by atoms with E-state index in [2.05, 4.69) is 5.32 Å². The van der Waals surface area contributed by atoms with E-state index in [9.17, 15) is 9.90 Å². The predicted octanol–water partition coefficient (Wildman–Crippen LogP) is 1.19. The molecule has 0 radical (unpaired) electrons. The normalized spacial score (nSPS) is 51.8. The van der Waals surface area contributed by atoms with Crippen LogP contribution in [0.4, 0.5) is 4.79 Å². The molecule has 4 unspecified atom stereocenters. The van der Waals surface area contributed by atoms with E-state index < -0.39 is 11.7 Å². The molecular formula is C11H17NO3. The zero-order chi connectivity index (χ0) is 10.6. The number of nitrogens with one attached hydrogen (secondary N) is 1. The van der Waals surface area contributed by atoms with E-state index in [-0.39, 0.29) is 6.04 Å². The second kappa shape index (κ2) is 2.88. The third-order valence-electron chi connectivity index (χ3n) is 4.53. The lowest BCUT2D eigenvalue weighted by Crippen LogP contribution is -2.61. The minimum Gasteiger partial charge on any atom is -0.465 e. The van der Waals surface area contributed by atoms with Gasteiger partial charge in [0.25, 0.3) is 0 Å². The molecule has 4 nitrogen and oxygen atoms in total. The number of hydrogen-bond acceptors (Lipinski definition) is 2. The molecular weight excluding hydrogens is 194 g/mol. The molecule has 0 saturated heterocycles. The van der Waals surface area contributed by atoms with Crippen LogP contribution in [0, 0.1) is 17.8 Å². The van der Waals surface area contributed by atoms with E-state index in [0.29, 0.717) is 17.8 Å². The number of amides is 1. The van der Waals surface area contributed by atoms with Crippen molar-refractivity contribution in [2.45, 2.75) is 43.7 Å². The van der Waals surface area contributed by atoms with Gasteiger partial charge < -0.3 is 15.5 Å². The molecule has 4 aliphatic carbocycles. The first-order chi connectivity index (χ1) is 7.06. The van der Waals surface area contributed by atoms with Gasteiger partial charge in [-0.25, -0.2) is 4.79 Å². The van der Waals surface area contributed by atoms with Crippen molar-refractivity contribution in [2.24, 2.45) is 17.8 Å². The summed E-state index contributed by atoms with van der Waals surface area (Å²) in [4.78, 5) is 10.7. The molecule has 0 aromatic heterocycles. The molecule has 4 heteroatoms. The molecule has 0 aromatic carbocycles. The van der Waals surface area contributed by atoms with Crippen molar-refractivity contribution in [1.29, 1.82) is 0 Å². The van der Waals surface area contributed by atoms with Crippen LogP contribution >= 0.6 is 0 Å². The van der Waals surface area contributed by atoms with Gasteiger partial charge in [0.05, 0.1) is 5.60 Å². The van der Waals surface area contributed by atoms with Crippen molar-refractivity contribution in [2.75, 3.05) is 0 Å². The second-order valence-corrected chi connectivity index (χ2v) is 5.67. The van der Waals surface area contributed by atoms with Gasteiger partial charge in [-0.15, -0.1) is 0 Å². The van der Waals surface area contributed by atoms with Crippen molar-refractivity contribution in [3.8, 4) is 0 Å². The van der Waals surface area contributed by atoms with Crippen LogP contribution in [0.3, 0.4) is 0 Å². The minimum atomic E-state index is -0.917. The molecule has 1 amide bonds. The van der Waals surface area contributed by atoms with Crippen LogP contribution in [0.5, 0.6) is 0 Å². The Kier molecular flexibility index (Phi) is 1.81. The summed E-state index contributed by atoms with van der Waals surface area (Å²) in [5.74, 6) is 1.38. The Morgan fingerprint density at radius 1 is 1.20 bits per heavy atom. The average molecular weight is 211 g/mol. The molecule has 0 aliphatic heterocycles. The summed E-state index contributed by atoms with van der Waals surface area (Å²) in [6, 6.07) is 0.0966. The highest BCUT2D eigenvalue weighted by molar-refractivity contribution is 5.65. The molecule has 4 rings (SSSR count). The first kappa shape index (κ1) is 9.46. The zero-order valence-electron chi connectivity index (χ0n) is 8.65. The third-order valence-corrected chi connectivity index (χ3v) is 4.53. The largest absolute Gasteiger partial charge is 0.465 e. The number of hydrogen-bond donors (Lipinski definition) is 3. The molecule has 4 fully saturated rings. The number of aliphatic hydroxyl groups is 1. The minimum absolute atomic E-state index is 0.0966. The Morgan fingerprint density at radius 3 is 2.27 bits per heavy atom. The highest BCUT2D eigenvalue weighted by Crippen LogP contribution is 2.55. The molecule has 0 aromatic rings. The van der Waals surface area contributed by atoms with Gasteiger partial charge >= 0.3 is 6.09 Å². The van der Waals surface area contributed by atoms with E-state index >= 15 is 0 Å². The van der Waals surface area contributed by atoms with Crippen molar-refractivity contribution in [3.63, 3.8) is 0 Å². The van der Waals surface area contributed by atoms with Gasteiger partial charge in [-0.1, -0.05) is 0 Å². The van der Waals surface area contributed by atoms with Crippen molar-refractivity contribution in [3.05, 3.63) is 0 Å². The summed E-state index contributed by atoms with van der Waals surface area (Å²) in [5.41, 5.74) is -0.465. The van der Waals surface area contributed by atoms with Crippen LogP contribution in [-0.2, 0) is 0 Å². The summed E-state index contributed by atoms with van der Waals surface area (Å²) in [6.45, 7) is 0. The maximum absolute atomic E-state index is 10.7. The highest BCUT2D eigenvalue weighted by Gasteiger charge is 2.54. The lowest BCUT2D eigenvalue weighted by Gasteiger charge is -2.57. The van der Waals surface area contributed by atoms with Gasteiger partial charge in [-0.2, -0.15) is 0 Å². The van der Waals surface area contributed by atoms with Crippen LogP contribution in [-0.4, -0.2) is 27.9 Å². The zero-order valence-corrected chi connectivity index (χ0v) is 8.65. The first-order valence-corrected chi connectivity index (χ1v) is 5.78. The van der Waals surface area contributed by atoms with E-state index in [1.165, 1.54) is 0 Å². The second-order valence-electron chi connectivity index (χ2n) is 5.67. The van der Waals surface area contributed by atoms with Crippen molar-refractivity contribution >= 4 is 6.09 Å². The highest BCUT2D eigenvalue weighted by atomic mass is 16.4. The van der Waals surface area contributed by atoms with Gasteiger partial charge in [-0.05, 0) is 49.9 Å². The van der Waals surface area contributed by atoms with Gasteiger partial charge in [0.1, 0.15) is 0 Å². The predicted molar refractivity (Wildman–Crippen MR) is 53.5 cm³/mol. The lowest BCUT2D eigenvalue weighted by atomic mass is 9.52. The Morgan fingerprint density at radius 2 is 1.80 bits per heavy atom. The quantitative estimate of drug-likeness (QED) is 0.610. The molecule has 4 bridgehead atoms. The van der Waals surface area contributed by atoms with Crippen molar-refractivity contribution in [1.82, 2.24) is 5.32 Å². The SMILES string of the molecule is O=C(O)NC1C2CC3C[C@@H]1CC(O)(C3)C2. The third kappa shape index (κ3) is 1.42. The molecule has 3 N–H and O–H groups in total. The molecule has 15 heavy (non-hydrogen) atoms. The Labute approximate surface area is 88.7 Å². The molecule has 0 heterocycles. The fraction of sp³-hybridized carbons (Fsp3) is 0.909. The lowest BCUT2D eigenvalue weighted by molar-refractivity contribution is -0.137. The summed E-state index contributed by atoms with van der Waals surface area (Å²) in [5, 5.41) is 21.7. The topological polar surface area (TPSA) is 69.6 Å². The van der Waals surface area contributed by atoms with Crippen LogP contribution in [0.2, 0.25) is 0 Å². The van der Waals surface area contributed by atoms with E-state index in [0.717, 1.165) is 32.1 Å². The summed E-state index contributed by atoms with van der Waals surface area (Å²) < 4.78 is 0. The summed E-state index contributed by atoms with van der Waals surface area (Å²) in [7, 11) is 0. The maximum atomic E-state index is 10.7. The molecule has 0 spiro atoms. The van der Waals surface area contributed by atoms with Crippen LogP contribution in [0.1, 0.15) is 32.1 Å². The average Bonchev–Trinajstić information content (AvgIpc) is 2.08. The standard InChI is InChI=1S/C11H17NO3/c13-10(14)12-9-7-1-6-2-8(9)5-11(15,3-6)4-7/h6-9,12,15H,1-5H2,(H,13,14)/t6?,7-,8?,9?,11?/m1/s1. The summed E-state index contributed by atoms with van der Waals surface area (Å²) in [6.07, 6.45) is 3.82. The van der Waals surface area contributed by atoms with Gasteiger partial charge in [0.2, 0.25) is 0 Å². The number of rotatable bonds is 1. The van der Waals surface area contributed by atoms with Crippen LogP contribution in [0.15, 0.2) is 0 Å². The van der Waals surface area contributed by atoms with E-state index in [1.54, 1.807) is 0 Å². The van der Waals surface area contributed by atoms with Gasteiger partial charge in [0.15, 0.2) is 0 Å².